The molecule has 2 rings (SSSR count). The molecule has 0 atom stereocenters. The molecule has 0 unspecified atom stereocenters. The van der Waals surface area contributed by atoms with Gasteiger partial charge in [-0.05, 0) is 43.4 Å². The van der Waals surface area contributed by atoms with Crippen LogP contribution in [0.5, 0.6) is 5.75 Å². The van der Waals surface area contributed by atoms with Crippen LogP contribution in [0.25, 0.3) is 0 Å². The van der Waals surface area contributed by atoms with E-state index in [4.69, 9.17) is 9.47 Å². The summed E-state index contributed by atoms with van der Waals surface area (Å²) in [5.74, 6) is 0.00535. The predicted molar refractivity (Wildman–Crippen MR) is 111 cm³/mol. The molecule has 7 nitrogen and oxygen atoms in total. The van der Waals surface area contributed by atoms with Crippen molar-refractivity contribution in [3.05, 3.63) is 23.8 Å². The smallest absolute Gasteiger partial charge is 0.306 e. The summed E-state index contributed by atoms with van der Waals surface area (Å²) in [6.07, 6.45) is 8.60. The summed E-state index contributed by atoms with van der Waals surface area (Å²) in [6, 6.07) is 5.42. The van der Waals surface area contributed by atoms with Crippen molar-refractivity contribution >= 4 is 23.5 Å². The summed E-state index contributed by atoms with van der Waals surface area (Å²) < 4.78 is 10.2. The summed E-state index contributed by atoms with van der Waals surface area (Å²) in [4.78, 5) is 35.6. The summed E-state index contributed by atoms with van der Waals surface area (Å²) in [5.41, 5.74) is 1.51. The summed E-state index contributed by atoms with van der Waals surface area (Å²) in [7, 11) is 1.52. The number of ether oxygens (including phenoxy) is 2. The molecule has 0 aromatic heterocycles. The van der Waals surface area contributed by atoms with Gasteiger partial charge >= 0.3 is 5.97 Å². The molecule has 0 aliphatic heterocycles. The van der Waals surface area contributed by atoms with Gasteiger partial charge in [0.2, 0.25) is 5.91 Å². The molecular weight excluding hydrogens is 372 g/mol. The first-order chi connectivity index (χ1) is 14.0. The Bertz CT molecular complexity index is 698. The second-order valence-corrected chi connectivity index (χ2v) is 7.59. The lowest BCUT2D eigenvalue weighted by Gasteiger charge is -2.20. The monoisotopic (exact) mass is 404 g/mol. The molecule has 2 N–H and O–H groups in total. The fourth-order valence-electron chi connectivity index (χ4n) is 3.57. The molecule has 2 amide bonds. The van der Waals surface area contributed by atoms with Crippen molar-refractivity contribution in [1.82, 2.24) is 5.32 Å². The van der Waals surface area contributed by atoms with E-state index < -0.39 is 5.91 Å². The maximum atomic E-state index is 12.0. The highest BCUT2D eigenvalue weighted by Gasteiger charge is 2.15. The Morgan fingerprint density at radius 1 is 1.10 bits per heavy atom. The summed E-state index contributed by atoms with van der Waals surface area (Å²) >= 11 is 0. The Morgan fingerprint density at radius 3 is 2.59 bits per heavy atom. The maximum absolute atomic E-state index is 12.0. The van der Waals surface area contributed by atoms with E-state index >= 15 is 0 Å². The zero-order chi connectivity index (χ0) is 21.1. The van der Waals surface area contributed by atoms with E-state index in [9.17, 15) is 14.4 Å². The van der Waals surface area contributed by atoms with Gasteiger partial charge in [0, 0.05) is 6.42 Å². The van der Waals surface area contributed by atoms with Crippen molar-refractivity contribution in [2.75, 3.05) is 25.6 Å². The predicted octanol–water partition coefficient (Wildman–Crippen LogP) is 3.35. The Kier molecular flexibility index (Phi) is 9.47. The van der Waals surface area contributed by atoms with Gasteiger partial charge in [0.05, 0.1) is 19.3 Å². The van der Waals surface area contributed by atoms with Crippen LogP contribution in [-0.4, -0.2) is 38.0 Å². The first kappa shape index (κ1) is 22.7. The van der Waals surface area contributed by atoms with Gasteiger partial charge in [0.1, 0.15) is 5.75 Å². The molecule has 1 saturated carbocycles. The number of amides is 2. The number of anilines is 1. The molecule has 0 heterocycles. The van der Waals surface area contributed by atoms with Crippen LogP contribution in [-0.2, 0) is 19.1 Å². The topological polar surface area (TPSA) is 93.7 Å². The van der Waals surface area contributed by atoms with Gasteiger partial charge in [-0.1, -0.05) is 38.2 Å². The molecule has 1 aliphatic carbocycles. The van der Waals surface area contributed by atoms with Gasteiger partial charge in [-0.2, -0.15) is 0 Å². The minimum atomic E-state index is -0.503. The van der Waals surface area contributed by atoms with E-state index in [1.807, 2.05) is 13.0 Å². The molecule has 1 aromatic rings. The van der Waals surface area contributed by atoms with Crippen molar-refractivity contribution in [2.45, 2.75) is 58.3 Å². The standard InChI is InChI=1S/C22H32N2O5/c1-16-11-12-19(28-2)18(13-16)24-20(25)14-23-21(26)15-29-22(27)10-6-9-17-7-4-3-5-8-17/h11-13,17H,3-10,14-15H2,1-2H3,(H,23,26)(H,24,25). The number of rotatable bonds is 10. The lowest BCUT2D eigenvalue weighted by Crippen LogP contribution is -2.35. The summed E-state index contributed by atoms with van der Waals surface area (Å²) in [6.45, 7) is 1.32. The maximum Gasteiger partial charge on any atom is 0.306 e. The third kappa shape index (κ3) is 8.54. The Labute approximate surface area is 172 Å². The van der Waals surface area contributed by atoms with Gasteiger partial charge < -0.3 is 20.1 Å². The van der Waals surface area contributed by atoms with Gasteiger partial charge in [0.15, 0.2) is 6.61 Å². The van der Waals surface area contributed by atoms with Crippen LogP contribution in [0.2, 0.25) is 0 Å². The number of nitrogens with one attached hydrogen (secondary N) is 2. The highest BCUT2D eigenvalue weighted by Crippen LogP contribution is 2.27. The number of methoxy groups -OCH3 is 1. The van der Waals surface area contributed by atoms with E-state index in [-0.39, 0.29) is 25.0 Å². The lowest BCUT2D eigenvalue weighted by atomic mass is 9.86. The Balaban J connectivity index is 1.60. The van der Waals surface area contributed by atoms with Crippen LogP contribution in [0, 0.1) is 12.8 Å². The van der Waals surface area contributed by atoms with Crippen molar-refractivity contribution in [2.24, 2.45) is 5.92 Å². The van der Waals surface area contributed by atoms with Gasteiger partial charge in [-0.15, -0.1) is 0 Å². The number of carbonyl (C=O) groups is 3. The first-order valence-corrected chi connectivity index (χ1v) is 10.3. The lowest BCUT2D eigenvalue weighted by molar-refractivity contribution is -0.148. The summed E-state index contributed by atoms with van der Waals surface area (Å²) in [5, 5.41) is 5.14. The van der Waals surface area contributed by atoms with Crippen molar-refractivity contribution in [1.29, 1.82) is 0 Å². The molecule has 160 valence electrons. The fourth-order valence-corrected chi connectivity index (χ4v) is 3.57. The highest BCUT2D eigenvalue weighted by atomic mass is 16.5. The molecule has 1 aromatic carbocycles. The quantitative estimate of drug-likeness (QED) is 0.583. The minimum absolute atomic E-state index is 0.213. The van der Waals surface area contributed by atoms with Crippen molar-refractivity contribution in [3.8, 4) is 5.75 Å². The number of carbonyl (C=O) groups excluding carboxylic acids is 3. The van der Waals surface area contributed by atoms with Crippen molar-refractivity contribution in [3.63, 3.8) is 0 Å². The second kappa shape index (κ2) is 12.1. The van der Waals surface area contributed by atoms with Crippen LogP contribution in [0.4, 0.5) is 5.69 Å². The normalized spacial score (nSPS) is 14.1. The van der Waals surface area contributed by atoms with E-state index in [1.54, 1.807) is 12.1 Å². The van der Waals surface area contributed by atoms with Crippen LogP contribution >= 0.6 is 0 Å². The van der Waals surface area contributed by atoms with E-state index in [0.717, 1.165) is 24.3 Å². The third-order valence-corrected chi connectivity index (χ3v) is 5.16. The SMILES string of the molecule is COc1ccc(C)cc1NC(=O)CNC(=O)COC(=O)CCCC1CCCCC1. The number of hydrogen-bond donors (Lipinski definition) is 2. The van der Waals surface area contributed by atoms with Gasteiger partial charge in [-0.25, -0.2) is 0 Å². The molecule has 1 fully saturated rings. The molecule has 7 heteroatoms. The minimum Gasteiger partial charge on any atom is -0.495 e. The molecule has 29 heavy (non-hydrogen) atoms. The molecular formula is C22H32N2O5. The molecule has 0 bridgehead atoms. The van der Waals surface area contributed by atoms with Crippen LogP contribution in [0.1, 0.15) is 56.9 Å². The molecule has 1 aliphatic rings. The van der Waals surface area contributed by atoms with Gasteiger partial charge in [0.25, 0.3) is 5.91 Å². The Hall–Kier alpha value is -2.57. The average Bonchev–Trinajstić information content (AvgIpc) is 2.72. The van der Waals surface area contributed by atoms with Crippen LogP contribution in [0.3, 0.4) is 0 Å². The number of benzene rings is 1. The largest absolute Gasteiger partial charge is 0.495 e. The van der Waals surface area contributed by atoms with E-state index in [0.29, 0.717) is 17.9 Å². The van der Waals surface area contributed by atoms with Gasteiger partial charge in [-0.3, -0.25) is 14.4 Å². The number of hydrogen-bond acceptors (Lipinski definition) is 5. The number of aryl methyl sites for hydroxylation is 1. The highest BCUT2D eigenvalue weighted by molar-refractivity contribution is 5.96. The molecule has 0 saturated heterocycles. The number of esters is 1. The fraction of sp³-hybridized carbons (Fsp3) is 0.591. The molecule has 0 radical (unpaired) electrons. The van der Waals surface area contributed by atoms with Crippen LogP contribution in [0.15, 0.2) is 18.2 Å². The second-order valence-electron chi connectivity index (χ2n) is 7.59. The van der Waals surface area contributed by atoms with Crippen molar-refractivity contribution < 1.29 is 23.9 Å². The third-order valence-electron chi connectivity index (χ3n) is 5.16. The van der Waals surface area contributed by atoms with Crippen LogP contribution < -0.4 is 15.4 Å². The first-order valence-electron chi connectivity index (χ1n) is 10.3. The zero-order valence-electron chi connectivity index (χ0n) is 17.4. The average molecular weight is 405 g/mol. The zero-order valence-corrected chi connectivity index (χ0v) is 17.4. The van der Waals surface area contributed by atoms with E-state index in [2.05, 4.69) is 10.6 Å². The van der Waals surface area contributed by atoms with E-state index in [1.165, 1.54) is 39.2 Å². The molecule has 0 spiro atoms. The Morgan fingerprint density at radius 2 is 1.86 bits per heavy atom.